The van der Waals surface area contributed by atoms with E-state index in [0.717, 1.165) is 32.5 Å². The van der Waals surface area contributed by atoms with Gasteiger partial charge < -0.3 is 9.47 Å². The zero-order valence-corrected chi connectivity index (χ0v) is 13.6. The van der Waals surface area contributed by atoms with Crippen LogP contribution in [0.2, 0.25) is 0 Å². The van der Waals surface area contributed by atoms with Crippen molar-refractivity contribution in [3.63, 3.8) is 0 Å². The van der Waals surface area contributed by atoms with E-state index in [1.807, 2.05) is 12.2 Å². The van der Waals surface area contributed by atoms with Gasteiger partial charge in [-0.2, -0.15) is 0 Å². The number of allylic oxidation sites excluding steroid dienone is 3. The van der Waals surface area contributed by atoms with Crippen LogP contribution in [0.4, 0.5) is 0 Å². The van der Waals surface area contributed by atoms with Crippen molar-refractivity contribution in [2.24, 2.45) is 0 Å². The Hall–Kier alpha value is -0.600. The highest BCUT2D eigenvalue weighted by atomic mass is 16.7. The molecule has 2 heteroatoms. The number of ether oxygens (including phenoxy) is 2. The first kappa shape index (κ1) is 19.4. The molecule has 0 unspecified atom stereocenters. The summed E-state index contributed by atoms with van der Waals surface area (Å²) < 4.78 is 11.4. The van der Waals surface area contributed by atoms with Crippen molar-refractivity contribution in [3.8, 4) is 0 Å². The van der Waals surface area contributed by atoms with Crippen molar-refractivity contribution < 1.29 is 9.47 Å². The van der Waals surface area contributed by atoms with Crippen molar-refractivity contribution in [1.82, 2.24) is 0 Å². The Balaban J connectivity index is 3.46. The number of hydrogen-bond donors (Lipinski definition) is 0. The topological polar surface area (TPSA) is 18.5 Å². The summed E-state index contributed by atoms with van der Waals surface area (Å²) in [5.74, 6) is 0. The fraction of sp³-hybridized carbons (Fsp3) is 0.778. The van der Waals surface area contributed by atoms with Gasteiger partial charge in [-0.15, -0.1) is 0 Å². The molecule has 0 aromatic heterocycles. The highest BCUT2D eigenvalue weighted by Crippen LogP contribution is 2.12. The average molecular weight is 282 g/mol. The van der Waals surface area contributed by atoms with Gasteiger partial charge in [-0.3, -0.25) is 0 Å². The molecule has 0 heterocycles. The molecule has 20 heavy (non-hydrogen) atoms. The number of rotatable bonds is 15. The minimum atomic E-state index is 0.0189. The van der Waals surface area contributed by atoms with Gasteiger partial charge >= 0.3 is 0 Å². The Kier molecular flexibility index (Phi) is 16.0. The maximum atomic E-state index is 5.72. The Morgan fingerprint density at radius 3 is 2.10 bits per heavy atom. The largest absolute Gasteiger partial charge is 0.353 e. The van der Waals surface area contributed by atoms with Gasteiger partial charge in [-0.05, 0) is 38.5 Å². The minimum absolute atomic E-state index is 0.0189. The zero-order valence-electron chi connectivity index (χ0n) is 13.6. The summed E-state index contributed by atoms with van der Waals surface area (Å²) in [5.41, 5.74) is 0. The lowest BCUT2D eigenvalue weighted by molar-refractivity contribution is -0.146. The van der Waals surface area contributed by atoms with Crippen molar-refractivity contribution >= 4 is 0 Å². The lowest BCUT2D eigenvalue weighted by Gasteiger charge is -2.18. The summed E-state index contributed by atoms with van der Waals surface area (Å²) in [6.45, 7) is 9.56. The van der Waals surface area contributed by atoms with Gasteiger partial charge in [0.1, 0.15) is 0 Å². The van der Waals surface area contributed by atoms with Gasteiger partial charge in [-0.25, -0.2) is 0 Å². The predicted octanol–water partition coefficient (Wildman–Crippen LogP) is 5.64. The second-order valence-electron chi connectivity index (χ2n) is 5.18. The van der Waals surface area contributed by atoms with E-state index < -0.39 is 0 Å². The van der Waals surface area contributed by atoms with Gasteiger partial charge in [-0.1, -0.05) is 57.9 Å². The van der Waals surface area contributed by atoms with E-state index in [-0.39, 0.29) is 6.29 Å². The van der Waals surface area contributed by atoms with Gasteiger partial charge in [0.25, 0.3) is 0 Å². The Bertz CT molecular complexity index is 215. The maximum Gasteiger partial charge on any atom is 0.157 e. The highest BCUT2D eigenvalue weighted by molar-refractivity contribution is 4.96. The van der Waals surface area contributed by atoms with Crippen LogP contribution < -0.4 is 0 Å². The summed E-state index contributed by atoms with van der Waals surface area (Å²) in [7, 11) is 0. The van der Waals surface area contributed by atoms with E-state index in [2.05, 4.69) is 26.5 Å². The van der Waals surface area contributed by atoms with Crippen LogP contribution in [-0.2, 0) is 9.47 Å². The van der Waals surface area contributed by atoms with Crippen LogP contribution in [0, 0.1) is 0 Å². The summed E-state index contributed by atoms with van der Waals surface area (Å²) in [5, 5.41) is 0. The van der Waals surface area contributed by atoms with E-state index in [4.69, 9.17) is 9.47 Å². The molecule has 0 aliphatic carbocycles. The third-order valence-electron chi connectivity index (χ3n) is 3.10. The fourth-order valence-electron chi connectivity index (χ4n) is 2.01. The molecule has 2 nitrogen and oxygen atoms in total. The Morgan fingerprint density at radius 2 is 1.50 bits per heavy atom. The SMILES string of the molecule is C=C/C=C\CCCCCCCC(OCCC)OCCC. The molecule has 0 aliphatic rings. The standard InChI is InChI=1S/C18H34O2/c1-4-7-8-9-10-11-12-13-14-15-18(19-16-5-2)20-17-6-3/h4,7-8,18H,1,5-6,9-17H2,2-3H3/b8-7-. The van der Waals surface area contributed by atoms with Gasteiger partial charge in [0.05, 0.1) is 0 Å². The van der Waals surface area contributed by atoms with Crippen molar-refractivity contribution in [2.45, 2.75) is 77.9 Å². The van der Waals surface area contributed by atoms with Crippen LogP contribution >= 0.6 is 0 Å². The van der Waals surface area contributed by atoms with E-state index in [1.165, 1.54) is 38.5 Å². The molecule has 0 amide bonds. The molecular weight excluding hydrogens is 248 g/mol. The highest BCUT2D eigenvalue weighted by Gasteiger charge is 2.07. The lowest BCUT2D eigenvalue weighted by atomic mass is 10.1. The molecular formula is C18H34O2. The molecule has 0 saturated heterocycles. The average Bonchev–Trinajstić information content (AvgIpc) is 2.47. The summed E-state index contributed by atoms with van der Waals surface area (Å²) in [4.78, 5) is 0. The molecule has 0 aromatic carbocycles. The van der Waals surface area contributed by atoms with Gasteiger partial charge in [0.15, 0.2) is 6.29 Å². The maximum absolute atomic E-state index is 5.72. The van der Waals surface area contributed by atoms with Crippen LogP contribution in [0.1, 0.15) is 71.6 Å². The molecule has 0 spiro atoms. The predicted molar refractivity (Wildman–Crippen MR) is 87.9 cm³/mol. The molecule has 118 valence electrons. The second-order valence-corrected chi connectivity index (χ2v) is 5.18. The minimum Gasteiger partial charge on any atom is -0.353 e. The molecule has 0 atom stereocenters. The summed E-state index contributed by atoms with van der Waals surface area (Å²) in [6.07, 6.45) is 16.8. The smallest absolute Gasteiger partial charge is 0.157 e. The first-order chi connectivity index (χ1) is 9.85. The molecule has 0 aromatic rings. The monoisotopic (exact) mass is 282 g/mol. The van der Waals surface area contributed by atoms with Crippen LogP contribution in [-0.4, -0.2) is 19.5 Å². The lowest BCUT2D eigenvalue weighted by Crippen LogP contribution is -2.18. The molecule has 0 N–H and O–H groups in total. The fourth-order valence-corrected chi connectivity index (χ4v) is 2.01. The molecule has 0 rings (SSSR count). The van der Waals surface area contributed by atoms with Crippen LogP contribution in [0.25, 0.3) is 0 Å². The quantitative estimate of drug-likeness (QED) is 0.220. The Morgan fingerprint density at radius 1 is 0.900 bits per heavy atom. The molecule has 0 aliphatic heterocycles. The number of unbranched alkanes of at least 4 members (excludes halogenated alkanes) is 5. The third kappa shape index (κ3) is 13.8. The van der Waals surface area contributed by atoms with Crippen molar-refractivity contribution in [3.05, 3.63) is 24.8 Å². The van der Waals surface area contributed by atoms with E-state index >= 15 is 0 Å². The van der Waals surface area contributed by atoms with Crippen LogP contribution in [0.15, 0.2) is 24.8 Å². The second kappa shape index (κ2) is 16.5. The molecule has 0 radical (unpaired) electrons. The summed E-state index contributed by atoms with van der Waals surface area (Å²) >= 11 is 0. The van der Waals surface area contributed by atoms with Crippen molar-refractivity contribution in [1.29, 1.82) is 0 Å². The van der Waals surface area contributed by atoms with Crippen molar-refractivity contribution in [2.75, 3.05) is 13.2 Å². The van der Waals surface area contributed by atoms with E-state index in [9.17, 15) is 0 Å². The van der Waals surface area contributed by atoms with Gasteiger partial charge in [0.2, 0.25) is 0 Å². The molecule has 0 saturated carbocycles. The summed E-state index contributed by atoms with van der Waals surface area (Å²) in [6, 6.07) is 0. The third-order valence-corrected chi connectivity index (χ3v) is 3.10. The first-order valence-electron chi connectivity index (χ1n) is 8.35. The molecule has 0 fully saturated rings. The first-order valence-corrected chi connectivity index (χ1v) is 8.35. The Labute approximate surface area is 126 Å². The van der Waals surface area contributed by atoms with Crippen LogP contribution in [0.5, 0.6) is 0 Å². The normalized spacial score (nSPS) is 11.6. The molecule has 0 bridgehead atoms. The van der Waals surface area contributed by atoms with E-state index in [0.29, 0.717) is 0 Å². The van der Waals surface area contributed by atoms with E-state index in [1.54, 1.807) is 0 Å². The van der Waals surface area contributed by atoms with Gasteiger partial charge in [0, 0.05) is 13.2 Å². The zero-order chi connectivity index (χ0) is 14.9. The van der Waals surface area contributed by atoms with Crippen LogP contribution in [0.3, 0.4) is 0 Å². The number of hydrogen-bond acceptors (Lipinski definition) is 2.